The van der Waals surface area contributed by atoms with Crippen LogP contribution in [0.4, 0.5) is 0 Å². The summed E-state index contributed by atoms with van der Waals surface area (Å²) in [4.78, 5) is 12.5. The zero-order valence-corrected chi connectivity index (χ0v) is 18.5. The van der Waals surface area contributed by atoms with E-state index in [0.29, 0.717) is 12.6 Å². The van der Waals surface area contributed by atoms with Gasteiger partial charge in [-0.05, 0) is 19.9 Å². The Morgan fingerprint density at radius 2 is 1.90 bits per heavy atom. The Hall–Kier alpha value is -1.75. The van der Waals surface area contributed by atoms with E-state index >= 15 is 0 Å². The molecule has 168 valence electrons. The van der Waals surface area contributed by atoms with Crippen LogP contribution in [0.5, 0.6) is 0 Å². The molecule has 0 spiro atoms. The summed E-state index contributed by atoms with van der Waals surface area (Å²) in [6.07, 6.45) is 1.09. The van der Waals surface area contributed by atoms with Gasteiger partial charge >= 0.3 is 0 Å². The molecule has 10 nitrogen and oxygen atoms in total. The molecule has 1 unspecified atom stereocenters. The molecular formula is C20H37N9O. The fraction of sp³-hybridized carbons (Fsp3) is 0.850. The van der Waals surface area contributed by atoms with E-state index in [2.05, 4.69) is 35.5 Å². The maximum absolute atomic E-state index is 5.43. The third-order valence-corrected chi connectivity index (χ3v) is 6.51. The number of piperazine rings is 3. The van der Waals surface area contributed by atoms with Crippen LogP contribution in [0.15, 0.2) is 4.99 Å². The first-order valence-corrected chi connectivity index (χ1v) is 11.3. The zero-order chi connectivity index (χ0) is 20.8. The van der Waals surface area contributed by atoms with Gasteiger partial charge in [-0.1, -0.05) is 0 Å². The van der Waals surface area contributed by atoms with Gasteiger partial charge in [0.2, 0.25) is 0 Å². The topological polar surface area (TPSA) is 86.1 Å². The van der Waals surface area contributed by atoms with Crippen LogP contribution < -0.4 is 10.6 Å². The first kappa shape index (κ1) is 21.5. The number of aryl methyl sites for hydroxylation is 1. The molecule has 0 aliphatic carbocycles. The number of hydrogen-bond acceptors (Lipinski definition) is 7. The van der Waals surface area contributed by atoms with Gasteiger partial charge < -0.3 is 19.9 Å². The Morgan fingerprint density at radius 1 is 1.10 bits per heavy atom. The highest BCUT2D eigenvalue weighted by Gasteiger charge is 2.31. The standard InChI is InChI=1S/C20H37N9O/c1-17-24-25-19(26(17)2)15-23-20(21-4-3-5-27-10-12-30-13-11-27)22-14-18-16-28-6-8-29(18)9-7-28/h18H,3-16H2,1-2H3,(H2,21,22,23). The van der Waals surface area contributed by atoms with Gasteiger partial charge in [0.05, 0.1) is 13.2 Å². The maximum Gasteiger partial charge on any atom is 0.191 e. The third-order valence-electron chi connectivity index (χ3n) is 6.51. The first-order chi connectivity index (χ1) is 14.7. The Kier molecular flexibility index (Phi) is 7.53. The van der Waals surface area contributed by atoms with Crippen molar-refractivity contribution in [2.75, 3.05) is 78.7 Å². The van der Waals surface area contributed by atoms with Crippen molar-refractivity contribution < 1.29 is 4.74 Å². The maximum atomic E-state index is 5.43. The van der Waals surface area contributed by atoms with Gasteiger partial charge in [0.25, 0.3) is 0 Å². The Morgan fingerprint density at radius 3 is 2.57 bits per heavy atom. The molecule has 4 saturated heterocycles. The molecule has 0 saturated carbocycles. The predicted molar refractivity (Wildman–Crippen MR) is 117 cm³/mol. The number of aromatic nitrogens is 3. The molecule has 0 radical (unpaired) electrons. The lowest BCUT2D eigenvalue weighted by Gasteiger charge is -2.47. The fourth-order valence-electron chi connectivity index (χ4n) is 4.38. The van der Waals surface area contributed by atoms with E-state index in [4.69, 9.17) is 9.73 Å². The zero-order valence-electron chi connectivity index (χ0n) is 18.5. The number of guanidine groups is 1. The molecule has 1 aromatic rings. The SMILES string of the molecule is Cc1nnc(CN=C(NCCCN2CCOCC2)NCC2CN3CCN2CC3)n1C. The highest BCUT2D eigenvalue weighted by atomic mass is 16.5. The number of hydrogen-bond donors (Lipinski definition) is 2. The molecule has 10 heteroatoms. The van der Waals surface area contributed by atoms with Crippen LogP contribution >= 0.6 is 0 Å². The highest BCUT2D eigenvalue weighted by Crippen LogP contribution is 2.14. The number of fused-ring (bicyclic) bond motifs is 3. The molecule has 4 fully saturated rings. The normalized spacial score (nSPS) is 27.4. The number of nitrogens with one attached hydrogen (secondary N) is 2. The van der Waals surface area contributed by atoms with Gasteiger partial charge in [0.15, 0.2) is 11.8 Å². The van der Waals surface area contributed by atoms with E-state index < -0.39 is 0 Å². The fourth-order valence-corrected chi connectivity index (χ4v) is 4.38. The van der Waals surface area contributed by atoms with Crippen molar-refractivity contribution in [2.45, 2.75) is 25.9 Å². The van der Waals surface area contributed by atoms with Crippen LogP contribution in [0.25, 0.3) is 0 Å². The molecule has 5 heterocycles. The Balaban J connectivity index is 1.28. The predicted octanol–water partition coefficient (Wildman–Crippen LogP) is -1.12. The lowest BCUT2D eigenvalue weighted by Crippen LogP contribution is -2.63. The first-order valence-electron chi connectivity index (χ1n) is 11.3. The summed E-state index contributed by atoms with van der Waals surface area (Å²) in [7, 11) is 1.99. The number of ether oxygens (including phenoxy) is 1. The molecule has 1 atom stereocenters. The van der Waals surface area contributed by atoms with Gasteiger partial charge in [0, 0.05) is 72.0 Å². The molecule has 1 aromatic heterocycles. The minimum atomic E-state index is 0.524. The number of morpholine rings is 1. The average Bonchev–Trinajstić information content (AvgIpc) is 3.11. The van der Waals surface area contributed by atoms with E-state index in [1.807, 2.05) is 18.5 Å². The monoisotopic (exact) mass is 419 g/mol. The number of aliphatic imine (C=N–C) groups is 1. The number of rotatable bonds is 8. The van der Waals surface area contributed by atoms with Crippen molar-refractivity contribution in [3.8, 4) is 0 Å². The lowest BCUT2D eigenvalue weighted by molar-refractivity contribution is 0.0154. The van der Waals surface area contributed by atoms with Gasteiger partial charge in [-0.25, -0.2) is 4.99 Å². The molecule has 0 aromatic carbocycles. The minimum Gasteiger partial charge on any atom is -0.379 e. The largest absolute Gasteiger partial charge is 0.379 e. The van der Waals surface area contributed by atoms with Crippen molar-refractivity contribution in [3.05, 3.63) is 11.6 Å². The highest BCUT2D eigenvalue weighted by molar-refractivity contribution is 5.79. The summed E-state index contributed by atoms with van der Waals surface area (Å²) >= 11 is 0. The molecule has 2 bridgehead atoms. The molecule has 2 N–H and O–H groups in total. The van der Waals surface area contributed by atoms with Crippen LogP contribution in [0.3, 0.4) is 0 Å². The third kappa shape index (κ3) is 5.69. The van der Waals surface area contributed by atoms with Crippen LogP contribution in [-0.2, 0) is 18.3 Å². The molecule has 4 aliphatic heterocycles. The molecule has 0 amide bonds. The Bertz CT molecular complexity index is 692. The van der Waals surface area contributed by atoms with Crippen LogP contribution in [0.2, 0.25) is 0 Å². The smallest absolute Gasteiger partial charge is 0.191 e. The van der Waals surface area contributed by atoms with Crippen molar-refractivity contribution in [1.29, 1.82) is 0 Å². The van der Waals surface area contributed by atoms with E-state index in [1.165, 1.54) is 26.2 Å². The lowest BCUT2D eigenvalue weighted by atomic mass is 10.1. The summed E-state index contributed by atoms with van der Waals surface area (Å²) in [5.74, 6) is 2.66. The second-order valence-electron chi connectivity index (χ2n) is 8.49. The quantitative estimate of drug-likeness (QED) is 0.311. The van der Waals surface area contributed by atoms with Gasteiger partial charge in [-0.2, -0.15) is 0 Å². The molecule has 5 rings (SSSR count). The van der Waals surface area contributed by atoms with Crippen LogP contribution in [0.1, 0.15) is 18.1 Å². The summed E-state index contributed by atoms with van der Waals surface area (Å²) in [6.45, 7) is 15.1. The van der Waals surface area contributed by atoms with E-state index in [-0.39, 0.29) is 0 Å². The summed E-state index contributed by atoms with van der Waals surface area (Å²) in [5.41, 5.74) is 0. The Labute approximate surface area is 179 Å². The molecular weight excluding hydrogens is 382 g/mol. The van der Waals surface area contributed by atoms with Gasteiger partial charge in [-0.3, -0.25) is 14.7 Å². The average molecular weight is 420 g/mol. The van der Waals surface area contributed by atoms with Gasteiger partial charge in [0.1, 0.15) is 12.4 Å². The van der Waals surface area contributed by atoms with Crippen molar-refractivity contribution in [2.24, 2.45) is 12.0 Å². The van der Waals surface area contributed by atoms with Crippen LogP contribution in [0, 0.1) is 6.92 Å². The number of nitrogens with zero attached hydrogens (tertiary/aromatic N) is 7. The van der Waals surface area contributed by atoms with Crippen molar-refractivity contribution >= 4 is 5.96 Å². The second kappa shape index (κ2) is 10.5. The summed E-state index contributed by atoms with van der Waals surface area (Å²) in [6, 6.07) is 0.560. The van der Waals surface area contributed by atoms with E-state index in [9.17, 15) is 0 Å². The van der Waals surface area contributed by atoms with E-state index in [0.717, 1.165) is 76.5 Å². The summed E-state index contributed by atoms with van der Waals surface area (Å²) in [5, 5.41) is 15.5. The summed E-state index contributed by atoms with van der Waals surface area (Å²) < 4.78 is 7.43. The molecule has 4 aliphatic rings. The van der Waals surface area contributed by atoms with E-state index in [1.54, 1.807) is 0 Å². The molecule has 30 heavy (non-hydrogen) atoms. The van der Waals surface area contributed by atoms with Crippen LogP contribution in [-0.4, -0.2) is 120 Å². The van der Waals surface area contributed by atoms with Crippen molar-refractivity contribution in [3.63, 3.8) is 0 Å². The second-order valence-corrected chi connectivity index (χ2v) is 8.49. The minimum absolute atomic E-state index is 0.524. The van der Waals surface area contributed by atoms with Gasteiger partial charge in [-0.15, -0.1) is 10.2 Å². The van der Waals surface area contributed by atoms with Crippen molar-refractivity contribution in [1.82, 2.24) is 40.1 Å².